The Morgan fingerprint density at radius 3 is 3.07 bits per heavy atom. The Labute approximate surface area is 91.2 Å². The lowest BCUT2D eigenvalue weighted by Gasteiger charge is -1.95. The Morgan fingerprint density at radius 2 is 2.40 bits per heavy atom. The van der Waals surface area contributed by atoms with Gasteiger partial charge in [0.1, 0.15) is 5.71 Å². The van der Waals surface area contributed by atoms with E-state index in [2.05, 4.69) is 15.0 Å². The number of hydrogen-bond donors (Lipinski definition) is 0. The van der Waals surface area contributed by atoms with E-state index >= 15 is 0 Å². The maximum atomic E-state index is 11.3. The van der Waals surface area contributed by atoms with Crippen molar-refractivity contribution in [2.24, 2.45) is 5.16 Å². The van der Waals surface area contributed by atoms with Crippen molar-refractivity contribution < 1.29 is 9.63 Å². The first-order chi connectivity index (χ1) is 7.31. The number of oxime groups is 1. The highest BCUT2D eigenvalue weighted by Gasteiger charge is 2.24. The molecule has 2 rings (SSSR count). The minimum absolute atomic E-state index is 0.151. The molecule has 0 aliphatic carbocycles. The van der Waals surface area contributed by atoms with Gasteiger partial charge >= 0.3 is 5.97 Å². The van der Waals surface area contributed by atoms with Crippen LogP contribution in [0.3, 0.4) is 0 Å². The zero-order valence-electron chi connectivity index (χ0n) is 7.68. The van der Waals surface area contributed by atoms with Crippen molar-refractivity contribution in [1.82, 2.24) is 4.98 Å². The average molecular weight is 223 g/mol. The molecule has 0 aromatic carbocycles. The normalized spacial score (nSPS) is 17.8. The molecular weight excluding hydrogens is 216 g/mol. The van der Waals surface area contributed by atoms with Crippen molar-refractivity contribution in [3.63, 3.8) is 0 Å². The van der Waals surface area contributed by atoms with Gasteiger partial charge in [-0.1, -0.05) is 11.2 Å². The van der Waals surface area contributed by atoms with Crippen molar-refractivity contribution in [3.8, 4) is 0 Å². The number of alkyl halides is 1. The Morgan fingerprint density at radius 1 is 1.53 bits per heavy atom. The molecule has 0 fully saturated rings. The van der Waals surface area contributed by atoms with Gasteiger partial charge in [-0.3, -0.25) is 4.98 Å². The van der Waals surface area contributed by atoms with Gasteiger partial charge in [0.2, 0.25) is 0 Å². The third-order valence-corrected chi connectivity index (χ3v) is 2.14. The first-order valence-corrected chi connectivity index (χ1v) is 4.81. The summed E-state index contributed by atoms with van der Waals surface area (Å²) in [6, 6.07) is 3.61. The molecule has 0 saturated heterocycles. The fourth-order valence-corrected chi connectivity index (χ4v) is 1.37. The smallest absolute Gasteiger partial charge is 0.312 e. The molecule has 0 bridgehead atoms. The summed E-state index contributed by atoms with van der Waals surface area (Å²) in [5, 5.41) is 3.56. The molecule has 1 aromatic heterocycles. The van der Waals surface area contributed by atoms with Crippen molar-refractivity contribution in [1.29, 1.82) is 0 Å². The second kappa shape index (κ2) is 4.23. The summed E-state index contributed by atoms with van der Waals surface area (Å²) in [4.78, 5) is 19.7. The second-order valence-electron chi connectivity index (χ2n) is 2.89. The van der Waals surface area contributed by atoms with Gasteiger partial charge in [0.05, 0.1) is 11.5 Å². The van der Waals surface area contributed by atoms with Crippen LogP contribution in [0.15, 0.2) is 35.3 Å². The molecule has 2 heterocycles. The number of nitrogens with zero attached hydrogens (tertiary/aromatic N) is 2. The van der Waals surface area contributed by atoms with Gasteiger partial charge in [-0.25, -0.2) is 4.79 Å². The molecule has 15 heavy (non-hydrogen) atoms. The molecule has 0 radical (unpaired) electrons. The zero-order chi connectivity index (χ0) is 10.7. The lowest BCUT2D eigenvalue weighted by Crippen LogP contribution is -2.06. The van der Waals surface area contributed by atoms with E-state index in [1.807, 2.05) is 6.07 Å². The molecule has 1 aliphatic heterocycles. The van der Waals surface area contributed by atoms with E-state index in [0.29, 0.717) is 11.3 Å². The van der Waals surface area contributed by atoms with Crippen LogP contribution in [0.2, 0.25) is 0 Å². The standard InChI is InChI=1S/C10H7ClN2O2/c11-5-9-8(10(14)15-13-9)4-7-2-1-3-12-6-7/h1-4,6H,5H2. The summed E-state index contributed by atoms with van der Waals surface area (Å²) < 4.78 is 0. The van der Waals surface area contributed by atoms with E-state index in [0.717, 1.165) is 5.56 Å². The Kier molecular flexibility index (Phi) is 2.78. The van der Waals surface area contributed by atoms with E-state index in [1.165, 1.54) is 0 Å². The highest BCUT2D eigenvalue weighted by molar-refractivity contribution is 6.38. The van der Waals surface area contributed by atoms with Gasteiger partial charge < -0.3 is 4.84 Å². The fraction of sp³-hybridized carbons (Fsp3) is 0.100. The van der Waals surface area contributed by atoms with Gasteiger partial charge in [-0.05, 0) is 17.7 Å². The van der Waals surface area contributed by atoms with Crippen LogP contribution in [0, 0.1) is 0 Å². The van der Waals surface area contributed by atoms with E-state index in [9.17, 15) is 4.79 Å². The Balaban J connectivity index is 2.34. The van der Waals surface area contributed by atoms with Crippen LogP contribution < -0.4 is 0 Å². The fourth-order valence-electron chi connectivity index (χ4n) is 1.18. The summed E-state index contributed by atoms with van der Waals surface area (Å²) in [7, 11) is 0. The van der Waals surface area contributed by atoms with E-state index < -0.39 is 5.97 Å². The number of halogens is 1. The molecule has 0 saturated carbocycles. The summed E-state index contributed by atoms with van der Waals surface area (Å²) in [5.74, 6) is -0.327. The van der Waals surface area contributed by atoms with Crippen LogP contribution in [0.25, 0.3) is 6.08 Å². The van der Waals surface area contributed by atoms with Crippen LogP contribution in [-0.2, 0) is 9.63 Å². The van der Waals surface area contributed by atoms with Crippen LogP contribution >= 0.6 is 11.6 Å². The van der Waals surface area contributed by atoms with Gasteiger partial charge in [0.15, 0.2) is 0 Å². The minimum atomic E-state index is -0.477. The van der Waals surface area contributed by atoms with Crippen molar-refractivity contribution >= 4 is 29.4 Å². The molecule has 0 N–H and O–H groups in total. The summed E-state index contributed by atoms with van der Waals surface area (Å²) in [6.45, 7) is 0. The van der Waals surface area contributed by atoms with Gasteiger partial charge in [0.25, 0.3) is 0 Å². The van der Waals surface area contributed by atoms with Crippen LogP contribution in [-0.4, -0.2) is 22.5 Å². The van der Waals surface area contributed by atoms with E-state index in [-0.39, 0.29) is 5.88 Å². The largest absolute Gasteiger partial charge is 0.367 e. The molecule has 0 spiro atoms. The number of carbonyl (C=O) groups excluding carboxylic acids is 1. The number of hydrogen-bond acceptors (Lipinski definition) is 4. The maximum absolute atomic E-state index is 11.3. The number of rotatable bonds is 2. The molecule has 1 aromatic rings. The van der Waals surface area contributed by atoms with Gasteiger partial charge in [-0.2, -0.15) is 0 Å². The van der Waals surface area contributed by atoms with Crippen molar-refractivity contribution in [3.05, 3.63) is 35.7 Å². The Bertz CT molecular complexity index is 440. The van der Waals surface area contributed by atoms with Crippen molar-refractivity contribution in [2.45, 2.75) is 0 Å². The molecule has 4 nitrogen and oxygen atoms in total. The zero-order valence-corrected chi connectivity index (χ0v) is 8.44. The first-order valence-electron chi connectivity index (χ1n) is 4.27. The summed E-state index contributed by atoms with van der Waals surface area (Å²) in [5.41, 5.74) is 1.65. The van der Waals surface area contributed by atoms with E-state index in [1.54, 1.807) is 24.5 Å². The lowest BCUT2D eigenvalue weighted by molar-refractivity contribution is -0.136. The number of aromatic nitrogens is 1. The summed E-state index contributed by atoms with van der Waals surface area (Å²) in [6.07, 6.45) is 4.96. The first kappa shape index (κ1) is 9.86. The topological polar surface area (TPSA) is 51.5 Å². The molecule has 76 valence electrons. The van der Waals surface area contributed by atoms with E-state index in [4.69, 9.17) is 11.6 Å². The third kappa shape index (κ3) is 2.05. The van der Waals surface area contributed by atoms with Gasteiger partial charge in [-0.15, -0.1) is 11.6 Å². The quantitative estimate of drug-likeness (QED) is 0.434. The highest BCUT2D eigenvalue weighted by Crippen LogP contribution is 2.15. The molecule has 0 atom stereocenters. The van der Waals surface area contributed by atoms with Crippen LogP contribution in [0.1, 0.15) is 5.56 Å². The number of carbonyl (C=O) groups is 1. The molecule has 0 amide bonds. The average Bonchev–Trinajstić information content (AvgIpc) is 2.62. The summed E-state index contributed by atoms with van der Waals surface area (Å²) >= 11 is 5.61. The SMILES string of the molecule is O=C1ON=C(CCl)C1=Cc1cccnc1. The van der Waals surface area contributed by atoms with Crippen LogP contribution in [0.4, 0.5) is 0 Å². The second-order valence-corrected chi connectivity index (χ2v) is 3.16. The minimum Gasteiger partial charge on any atom is -0.312 e. The third-order valence-electron chi connectivity index (χ3n) is 1.89. The molecular formula is C10H7ClN2O2. The van der Waals surface area contributed by atoms with Crippen molar-refractivity contribution in [2.75, 3.05) is 5.88 Å². The Hall–Kier alpha value is -1.68. The molecule has 5 heteroatoms. The predicted molar refractivity (Wildman–Crippen MR) is 56.5 cm³/mol. The predicted octanol–water partition coefficient (Wildman–Crippen LogP) is 1.62. The molecule has 1 aliphatic rings. The highest BCUT2D eigenvalue weighted by atomic mass is 35.5. The van der Waals surface area contributed by atoms with Gasteiger partial charge in [0, 0.05) is 12.4 Å². The lowest BCUT2D eigenvalue weighted by atomic mass is 10.1. The number of pyridine rings is 1. The monoisotopic (exact) mass is 222 g/mol. The molecule has 0 unspecified atom stereocenters. The maximum Gasteiger partial charge on any atom is 0.367 e. The van der Waals surface area contributed by atoms with Crippen LogP contribution in [0.5, 0.6) is 0 Å².